The minimum atomic E-state index is 0.747. The molecule has 0 saturated heterocycles. The monoisotopic (exact) mass is 282 g/mol. The number of hydrogen-bond acceptors (Lipinski definition) is 1. The largest absolute Gasteiger partial charge is 0.497 e. The van der Waals surface area contributed by atoms with Crippen molar-refractivity contribution in [1.82, 2.24) is 0 Å². The molecule has 1 aromatic rings. The molecule has 1 aromatic carbocycles. The molecular weight excluding hydrogens is 264 g/mol. The Hall–Kier alpha value is -0.500. The average molecular weight is 283 g/mol. The lowest BCUT2D eigenvalue weighted by Gasteiger charge is -2.25. The Bertz CT molecular complexity index is 349. The Kier molecular flexibility index (Phi) is 4.28. The van der Waals surface area contributed by atoms with Crippen LogP contribution in [0.15, 0.2) is 18.2 Å². The lowest BCUT2D eigenvalue weighted by Crippen LogP contribution is -2.10. The summed E-state index contributed by atoms with van der Waals surface area (Å²) in [4.78, 5) is 0. The van der Waals surface area contributed by atoms with Gasteiger partial charge in [0.25, 0.3) is 0 Å². The van der Waals surface area contributed by atoms with Gasteiger partial charge >= 0.3 is 0 Å². The molecular formula is C14H19BrO. The number of alkyl halides is 1. The summed E-state index contributed by atoms with van der Waals surface area (Å²) in [5, 5.41) is 1.11. The molecule has 0 amide bonds. The third-order valence-electron chi connectivity index (χ3n) is 3.48. The van der Waals surface area contributed by atoms with Crippen molar-refractivity contribution >= 4 is 15.9 Å². The second kappa shape index (κ2) is 5.72. The van der Waals surface area contributed by atoms with Crippen LogP contribution < -0.4 is 4.74 Å². The fourth-order valence-electron chi connectivity index (χ4n) is 2.63. The second-order valence-corrected chi connectivity index (χ2v) is 5.28. The van der Waals surface area contributed by atoms with Gasteiger partial charge in [-0.1, -0.05) is 22.0 Å². The summed E-state index contributed by atoms with van der Waals surface area (Å²) in [7, 11) is 1.75. The first kappa shape index (κ1) is 12.0. The first-order chi connectivity index (χ1) is 7.85. The maximum Gasteiger partial charge on any atom is 0.119 e. The van der Waals surface area contributed by atoms with Gasteiger partial charge in [0.1, 0.15) is 5.75 Å². The van der Waals surface area contributed by atoms with Crippen LogP contribution in [0.1, 0.15) is 42.7 Å². The van der Waals surface area contributed by atoms with E-state index in [1.807, 2.05) is 0 Å². The second-order valence-electron chi connectivity index (χ2n) is 4.49. The number of fused-ring (bicyclic) bond motifs is 1. The van der Waals surface area contributed by atoms with Gasteiger partial charge in [-0.15, -0.1) is 0 Å². The van der Waals surface area contributed by atoms with Crippen LogP contribution in [0.4, 0.5) is 0 Å². The fraction of sp³-hybridized carbons (Fsp3) is 0.571. The first-order valence-electron chi connectivity index (χ1n) is 6.08. The van der Waals surface area contributed by atoms with Crippen LogP contribution in [-0.2, 0) is 6.42 Å². The lowest BCUT2D eigenvalue weighted by molar-refractivity contribution is 0.411. The highest BCUT2D eigenvalue weighted by Crippen LogP contribution is 2.36. The number of halogens is 1. The van der Waals surface area contributed by atoms with Crippen molar-refractivity contribution in [3.05, 3.63) is 29.3 Å². The molecule has 1 aliphatic carbocycles. The normalized spacial score (nSPS) is 19.2. The number of benzene rings is 1. The van der Waals surface area contributed by atoms with E-state index in [9.17, 15) is 0 Å². The smallest absolute Gasteiger partial charge is 0.119 e. The Morgan fingerprint density at radius 3 is 3.06 bits per heavy atom. The summed E-state index contributed by atoms with van der Waals surface area (Å²) >= 11 is 3.52. The molecule has 1 aliphatic rings. The van der Waals surface area contributed by atoms with E-state index < -0.39 is 0 Å². The summed E-state index contributed by atoms with van der Waals surface area (Å²) in [6.45, 7) is 0. The third-order valence-corrected chi connectivity index (χ3v) is 4.04. The number of methoxy groups -OCH3 is 1. The molecule has 16 heavy (non-hydrogen) atoms. The molecule has 0 saturated carbocycles. The van der Waals surface area contributed by atoms with Crippen LogP contribution in [-0.4, -0.2) is 12.4 Å². The first-order valence-corrected chi connectivity index (χ1v) is 7.20. The van der Waals surface area contributed by atoms with E-state index in [1.54, 1.807) is 7.11 Å². The summed E-state index contributed by atoms with van der Waals surface area (Å²) in [5.41, 5.74) is 3.07. The van der Waals surface area contributed by atoms with Crippen molar-refractivity contribution in [2.75, 3.05) is 12.4 Å². The van der Waals surface area contributed by atoms with E-state index in [0.717, 1.165) is 17.0 Å². The maximum absolute atomic E-state index is 5.32. The van der Waals surface area contributed by atoms with E-state index >= 15 is 0 Å². The van der Waals surface area contributed by atoms with Gasteiger partial charge in [-0.05, 0) is 61.3 Å². The number of aryl methyl sites for hydroxylation is 1. The minimum absolute atomic E-state index is 0.747. The van der Waals surface area contributed by atoms with E-state index in [1.165, 1.54) is 43.2 Å². The predicted octanol–water partition coefficient (Wildman–Crippen LogP) is 4.29. The SMILES string of the molecule is COc1ccc2c(c1)[C@@H](CCCBr)CCC2. The molecule has 0 aromatic heterocycles. The molecule has 0 spiro atoms. The van der Waals surface area contributed by atoms with Gasteiger partial charge in [0.05, 0.1) is 7.11 Å². The Morgan fingerprint density at radius 1 is 1.44 bits per heavy atom. The van der Waals surface area contributed by atoms with Crippen molar-refractivity contribution in [2.45, 2.75) is 38.0 Å². The highest BCUT2D eigenvalue weighted by Gasteiger charge is 2.20. The zero-order chi connectivity index (χ0) is 11.4. The van der Waals surface area contributed by atoms with Crippen molar-refractivity contribution in [3.8, 4) is 5.75 Å². The molecule has 2 rings (SSSR count). The quantitative estimate of drug-likeness (QED) is 0.749. The van der Waals surface area contributed by atoms with Gasteiger partial charge in [0.2, 0.25) is 0 Å². The maximum atomic E-state index is 5.32. The summed E-state index contributed by atoms with van der Waals surface area (Å²) in [5.74, 6) is 1.75. The molecule has 0 unspecified atom stereocenters. The number of ether oxygens (including phenoxy) is 1. The van der Waals surface area contributed by atoms with E-state index in [2.05, 4.69) is 34.1 Å². The topological polar surface area (TPSA) is 9.23 Å². The Balaban J connectivity index is 2.21. The number of hydrogen-bond donors (Lipinski definition) is 0. The van der Waals surface area contributed by atoms with Crippen LogP contribution >= 0.6 is 15.9 Å². The molecule has 0 radical (unpaired) electrons. The summed E-state index contributed by atoms with van der Waals surface area (Å²) in [6, 6.07) is 6.58. The minimum Gasteiger partial charge on any atom is -0.497 e. The standard InChI is InChI=1S/C14H19BrO/c1-16-13-8-7-12-5-2-4-11(6-3-9-15)14(12)10-13/h7-8,10-11H,2-6,9H2,1H3/t11-/m1/s1. The molecule has 1 atom stereocenters. The zero-order valence-electron chi connectivity index (χ0n) is 9.84. The van der Waals surface area contributed by atoms with Crippen LogP contribution in [0.5, 0.6) is 5.75 Å². The molecule has 0 N–H and O–H groups in total. The molecule has 88 valence electrons. The van der Waals surface area contributed by atoms with Gasteiger partial charge in [0.15, 0.2) is 0 Å². The van der Waals surface area contributed by atoms with Crippen molar-refractivity contribution in [3.63, 3.8) is 0 Å². The Morgan fingerprint density at radius 2 is 2.31 bits per heavy atom. The highest BCUT2D eigenvalue weighted by molar-refractivity contribution is 9.09. The summed E-state index contributed by atoms with van der Waals surface area (Å²) in [6.07, 6.45) is 6.48. The lowest BCUT2D eigenvalue weighted by atomic mass is 9.80. The molecule has 0 heterocycles. The van der Waals surface area contributed by atoms with Gasteiger partial charge in [0, 0.05) is 5.33 Å². The van der Waals surface area contributed by atoms with Crippen LogP contribution in [0.2, 0.25) is 0 Å². The van der Waals surface area contributed by atoms with E-state index in [-0.39, 0.29) is 0 Å². The Labute approximate surface area is 106 Å². The van der Waals surface area contributed by atoms with Crippen molar-refractivity contribution < 1.29 is 4.74 Å². The van der Waals surface area contributed by atoms with Crippen molar-refractivity contribution in [1.29, 1.82) is 0 Å². The predicted molar refractivity (Wildman–Crippen MR) is 71.7 cm³/mol. The van der Waals surface area contributed by atoms with Gasteiger partial charge in [-0.25, -0.2) is 0 Å². The van der Waals surface area contributed by atoms with Crippen LogP contribution in [0, 0.1) is 0 Å². The van der Waals surface area contributed by atoms with Crippen molar-refractivity contribution in [2.24, 2.45) is 0 Å². The fourth-order valence-corrected chi connectivity index (χ4v) is 2.95. The summed E-state index contributed by atoms with van der Waals surface area (Å²) < 4.78 is 5.32. The van der Waals surface area contributed by atoms with E-state index in [0.29, 0.717) is 0 Å². The molecule has 0 fully saturated rings. The van der Waals surface area contributed by atoms with Crippen LogP contribution in [0.3, 0.4) is 0 Å². The molecule has 1 nitrogen and oxygen atoms in total. The van der Waals surface area contributed by atoms with Gasteiger partial charge < -0.3 is 4.74 Å². The van der Waals surface area contributed by atoms with E-state index in [4.69, 9.17) is 4.74 Å². The molecule has 0 aliphatic heterocycles. The molecule has 0 bridgehead atoms. The average Bonchev–Trinajstić information content (AvgIpc) is 2.35. The highest BCUT2D eigenvalue weighted by atomic mass is 79.9. The van der Waals surface area contributed by atoms with Gasteiger partial charge in [-0.2, -0.15) is 0 Å². The van der Waals surface area contributed by atoms with Gasteiger partial charge in [-0.3, -0.25) is 0 Å². The van der Waals surface area contributed by atoms with Crippen LogP contribution in [0.25, 0.3) is 0 Å². The molecule has 2 heteroatoms. The number of rotatable bonds is 4. The zero-order valence-corrected chi connectivity index (χ0v) is 11.4. The third kappa shape index (κ3) is 2.60.